The summed E-state index contributed by atoms with van der Waals surface area (Å²) in [5.74, 6) is -0.0819. The van der Waals surface area contributed by atoms with E-state index in [0.717, 1.165) is 43.4 Å². The van der Waals surface area contributed by atoms with Crippen LogP contribution in [0.5, 0.6) is 0 Å². The Balaban J connectivity index is 1.80. The van der Waals surface area contributed by atoms with Crippen molar-refractivity contribution < 1.29 is 9.53 Å². The van der Waals surface area contributed by atoms with Crippen molar-refractivity contribution in [1.82, 2.24) is 20.3 Å². The molecule has 2 rings (SSSR count). The van der Waals surface area contributed by atoms with Crippen molar-refractivity contribution in [3.8, 4) is 0 Å². The molecule has 0 aliphatic rings. The topological polar surface area (TPSA) is 69.0 Å². The van der Waals surface area contributed by atoms with Crippen molar-refractivity contribution in [2.75, 3.05) is 19.8 Å². The lowest BCUT2D eigenvalue weighted by molar-refractivity contribution is 0.0940. The molecule has 2 aromatic rings. The molecule has 0 saturated heterocycles. The number of aryl methyl sites for hydroxylation is 1. The standard InChI is InChI=1S/C16H24N4O2/c1-3-5-10-22-11-6-9-17-16(21)13-7-8-15-14(12-13)18-19-20(15)4-2/h7-8,12H,3-6,9-11H2,1-2H3,(H,17,21). The number of aromatic nitrogens is 3. The first-order valence-electron chi connectivity index (χ1n) is 7.95. The molecule has 0 aliphatic carbocycles. The van der Waals surface area contributed by atoms with Gasteiger partial charge < -0.3 is 10.1 Å². The van der Waals surface area contributed by atoms with Crippen LogP contribution in [-0.4, -0.2) is 40.7 Å². The summed E-state index contributed by atoms with van der Waals surface area (Å²) < 4.78 is 7.27. The lowest BCUT2D eigenvalue weighted by atomic mass is 10.2. The third kappa shape index (κ3) is 4.27. The van der Waals surface area contributed by atoms with E-state index in [-0.39, 0.29) is 5.91 Å². The molecule has 0 unspecified atom stereocenters. The van der Waals surface area contributed by atoms with E-state index < -0.39 is 0 Å². The fraction of sp³-hybridized carbons (Fsp3) is 0.562. The molecular formula is C16H24N4O2. The fourth-order valence-corrected chi connectivity index (χ4v) is 2.17. The highest BCUT2D eigenvalue weighted by Gasteiger charge is 2.09. The van der Waals surface area contributed by atoms with Crippen LogP contribution in [0.1, 0.15) is 43.5 Å². The number of fused-ring (bicyclic) bond motifs is 1. The maximum absolute atomic E-state index is 12.1. The minimum Gasteiger partial charge on any atom is -0.381 e. The number of rotatable bonds is 9. The molecule has 0 saturated carbocycles. The van der Waals surface area contributed by atoms with E-state index in [0.29, 0.717) is 18.7 Å². The molecule has 120 valence electrons. The van der Waals surface area contributed by atoms with E-state index in [2.05, 4.69) is 22.6 Å². The number of hydrogen-bond donors (Lipinski definition) is 1. The number of ether oxygens (including phenoxy) is 1. The van der Waals surface area contributed by atoms with E-state index >= 15 is 0 Å². The van der Waals surface area contributed by atoms with Gasteiger partial charge in [0.1, 0.15) is 5.52 Å². The van der Waals surface area contributed by atoms with E-state index in [1.165, 1.54) is 0 Å². The van der Waals surface area contributed by atoms with E-state index in [9.17, 15) is 4.79 Å². The Labute approximate surface area is 130 Å². The normalized spacial score (nSPS) is 11.0. The second-order valence-electron chi connectivity index (χ2n) is 5.18. The van der Waals surface area contributed by atoms with Gasteiger partial charge in [0.05, 0.1) is 5.52 Å². The maximum Gasteiger partial charge on any atom is 0.251 e. The number of benzene rings is 1. The molecular weight excluding hydrogens is 280 g/mol. The highest BCUT2D eigenvalue weighted by Crippen LogP contribution is 2.13. The molecule has 1 N–H and O–H groups in total. The molecule has 6 heteroatoms. The summed E-state index contributed by atoms with van der Waals surface area (Å²) in [6.07, 6.45) is 3.05. The van der Waals surface area contributed by atoms with Crippen molar-refractivity contribution in [2.24, 2.45) is 0 Å². The highest BCUT2D eigenvalue weighted by atomic mass is 16.5. The number of carbonyl (C=O) groups is 1. The Bertz CT molecular complexity index is 609. The Kier molecular flexibility index (Phi) is 6.33. The number of hydrogen-bond acceptors (Lipinski definition) is 4. The van der Waals surface area contributed by atoms with E-state index in [1.54, 1.807) is 6.07 Å². The van der Waals surface area contributed by atoms with Gasteiger partial charge in [0.15, 0.2) is 0 Å². The minimum atomic E-state index is -0.0819. The van der Waals surface area contributed by atoms with E-state index in [4.69, 9.17) is 4.74 Å². The largest absolute Gasteiger partial charge is 0.381 e. The second kappa shape index (κ2) is 8.48. The molecule has 1 aromatic heterocycles. The smallest absolute Gasteiger partial charge is 0.251 e. The SMILES string of the molecule is CCCCOCCCNC(=O)c1ccc2c(c1)nnn2CC. The third-order valence-corrected chi connectivity index (χ3v) is 3.47. The highest BCUT2D eigenvalue weighted by molar-refractivity contribution is 5.97. The minimum absolute atomic E-state index is 0.0819. The predicted octanol–water partition coefficient (Wildman–Crippen LogP) is 2.39. The lowest BCUT2D eigenvalue weighted by Crippen LogP contribution is -2.25. The number of nitrogens with one attached hydrogen (secondary N) is 1. The molecule has 0 fully saturated rings. The average molecular weight is 304 g/mol. The second-order valence-corrected chi connectivity index (χ2v) is 5.18. The summed E-state index contributed by atoms with van der Waals surface area (Å²) in [5.41, 5.74) is 2.31. The van der Waals surface area contributed by atoms with Gasteiger partial charge in [-0.1, -0.05) is 18.6 Å². The van der Waals surface area contributed by atoms with Gasteiger partial charge in [0.2, 0.25) is 0 Å². The zero-order valence-corrected chi connectivity index (χ0v) is 13.3. The zero-order chi connectivity index (χ0) is 15.8. The first kappa shape index (κ1) is 16.4. The predicted molar refractivity (Wildman–Crippen MR) is 85.9 cm³/mol. The van der Waals surface area contributed by atoms with Gasteiger partial charge in [-0.05, 0) is 38.0 Å². The van der Waals surface area contributed by atoms with Crippen LogP contribution in [0.4, 0.5) is 0 Å². The summed E-state index contributed by atoms with van der Waals surface area (Å²) in [6.45, 7) is 7.01. The summed E-state index contributed by atoms with van der Waals surface area (Å²) >= 11 is 0. The lowest BCUT2D eigenvalue weighted by Gasteiger charge is -2.06. The Hall–Kier alpha value is -1.95. The number of carbonyl (C=O) groups excluding carboxylic acids is 1. The quantitative estimate of drug-likeness (QED) is 0.722. The average Bonchev–Trinajstić information content (AvgIpc) is 2.96. The van der Waals surface area contributed by atoms with E-state index in [1.807, 2.05) is 23.7 Å². The zero-order valence-electron chi connectivity index (χ0n) is 13.3. The van der Waals surface area contributed by atoms with Gasteiger partial charge in [0, 0.05) is 31.9 Å². The molecule has 1 aromatic carbocycles. The molecule has 0 bridgehead atoms. The van der Waals surface area contributed by atoms with Crippen LogP contribution >= 0.6 is 0 Å². The van der Waals surface area contributed by atoms with Gasteiger partial charge in [-0.3, -0.25) is 4.79 Å². The van der Waals surface area contributed by atoms with Crippen LogP contribution < -0.4 is 5.32 Å². The first-order valence-corrected chi connectivity index (χ1v) is 7.95. The first-order chi connectivity index (χ1) is 10.8. The maximum atomic E-state index is 12.1. The van der Waals surface area contributed by atoms with Crippen LogP contribution in [0, 0.1) is 0 Å². The molecule has 22 heavy (non-hydrogen) atoms. The van der Waals surface area contributed by atoms with Crippen molar-refractivity contribution in [2.45, 2.75) is 39.7 Å². The third-order valence-electron chi connectivity index (χ3n) is 3.47. The van der Waals surface area contributed by atoms with Crippen molar-refractivity contribution in [1.29, 1.82) is 0 Å². The molecule has 0 spiro atoms. The van der Waals surface area contributed by atoms with Gasteiger partial charge >= 0.3 is 0 Å². The molecule has 1 heterocycles. The van der Waals surface area contributed by atoms with Crippen LogP contribution in [0.2, 0.25) is 0 Å². The molecule has 0 aliphatic heterocycles. The Morgan fingerprint density at radius 3 is 2.86 bits per heavy atom. The summed E-state index contributed by atoms with van der Waals surface area (Å²) in [7, 11) is 0. The van der Waals surface area contributed by atoms with Gasteiger partial charge in [-0.2, -0.15) is 0 Å². The van der Waals surface area contributed by atoms with Crippen LogP contribution in [0.25, 0.3) is 11.0 Å². The summed E-state index contributed by atoms with van der Waals surface area (Å²) in [5, 5.41) is 11.0. The molecule has 0 atom stereocenters. The fourth-order valence-electron chi connectivity index (χ4n) is 2.17. The van der Waals surface area contributed by atoms with Crippen molar-refractivity contribution >= 4 is 16.9 Å². The molecule has 0 radical (unpaired) electrons. The van der Waals surface area contributed by atoms with Crippen LogP contribution in [0.3, 0.4) is 0 Å². The van der Waals surface area contributed by atoms with Crippen molar-refractivity contribution in [3.05, 3.63) is 23.8 Å². The van der Waals surface area contributed by atoms with Crippen molar-refractivity contribution in [3.63, 3.8) is 0 Å². The monoisotopic (exact) mass is 304 g/mol. The number of unbranched alkanes of at least 4 members (excludes halogenated alkanes) is 1. The van der Waals surface area contributed by atoms with Gasteiger partial charge in [-0.25, -0.2) is 4.68 Å². The van der Waals surface area contributed by atoms with Crippen LogP contribution in [-0.2, 0) is 11.3 Å². The van der Waals surface area contributed by atoms with Gasteiger partial charge in [-0.15, -0.1) is 5.10 Å². The number of amides is 1. The summed E-state index contributed by atoms with van der Waals surface area (Å²) in [6, 6.07) is 5.48. The number of nitrogens with zero attached hydrogens (tertiary/aromatic N) is 3. The molecule has 1 amide bonds. The Morgan fingerprint density at radius 2 is 2.09 bits per heavy atom. The summed E-state index contributed by atoms with van der Waals surface area (Å²) in [4.78, 5) is 12.1. The molecule has 6 nitrogen and oxygen atoms in total. The Morgan fingerprint density at radius 1 is 1.27 bits per heavy atom. The van der Waals surface area contributed by atoms with Gasteiger partial charge in [0.25, 0.3) is 5.91 Å². The van der Waals surface area contributed by atoms with Crippen LogP contribution in [0.15, 0.2) is 18.2 Å².